The lowest BCUT2D eigenvalue weighted by Gasteiger charge is -2.01. The maximum Gasteiger partial charge on any atom is 0.209 e. The van der Waals surface area contributed by atoms with Crippen molar-refractivity contribution in [1.29, 1.82) is 0 Å². The third kappa shape index (κ3) is 2.17. The van der Waals surface area contributed by atoms with Gasteiger partial charge in [-0.3, -0.25) is 0 Å². The zero-order valence-electron chi connectivity index (χ0n) is 7.81. The van der Waals surface area contributed by atoms with Gasteiger partial charge in [-0.1, -0.05) is 23.2 Å². The Bertz CT molecular complexity index is 527. The lowest BCUT2D eigenvalue weighted by molar-refractivity contribution is 0.528. The van der Waals surface area contributed by atoms with Crippen LogP contribution in [0.15, 0.2) is 22.7 Å². The summed E-state index contributed by atoms with van der Waals surface area (Å²) in [5, 5.41) is 0.259. The first-order chi connectivity index (χ1) is 7.61. The van der Waals surface area contributed by atoms with Crippen molar-refractivity contribution in [3.05, 3.63) is 40.1 Å². The Labute approximate surface area is 106 Å². The molecular weight excluding hydrogens is 275 g/mol. The number of hydrogen-bond donors (Lipinski definition) is 0. The second-order valence-electron chi connectivity index (χ2n) is 3.00. The molecule has 0 aliphatic carbocycles. The van der Waals surface area contributed by atoms with Gasteiger partial charge in [0.25, 0.3) is 0 Å². The molecule has 0 aliphatic rings. The molecule has 2 aromatic rings. The van der Waals surface area contributed by atoms with Crippen molar-refractivity contribution >= 4 is 34.8 Å². The van der Waals surface area contributed by atoms with Gasteiger partial charge in [-0.05, 0) is 12.1 Å². The van der Waals surface area contributed by atoms with Crippen molar-refractivity contribution in [2.24, 2.45) is 0 Å². The SMILES string of the molecule is Fc1cc(-c2cnc(CCl)o2)c(Cl)cc1Cl. The van der Waals surface area contributed by atoms with E-state index in [1.807, 2.05) is 0 Å². The van der Waals surface area contributed by atoms with Crippen LogP contribution in [-0.2, 0) is 5.88 Å². The third-order valence-electron chi connectivity index (χ3n) is 1.94. The van der Waals surface area contributed by atoms with Crippen LogP contribution < -0.4 is 0 Å². The summed E-state index contributed by atoms with van der Waals surface area (Å²) in [6.45, 7) is 0. The average molecular weight is 281 g/mol. The van der Waals surface area contributed by atoms with Gasteiger partial charge in [0.1, 0.15) is 5.82 Å². The minimum Gasteiger partial charge on any atom is -0.439 e. The second kappa shape index (κ2) is 4.62. The Balaban J connectivity index is 2.51. The molecule has 84 valence electrons. The summed E-state index contributed by atoms with van der Waals surface area (Å²) >= 11 is 17.0. The smallest absolute Gasteiger partial charge is 0.209 e. The van der Waals surface area contributed by atoms with E-state index in [1.165, 1.54) is 18.3 Å². The molecule has 0 amide bonds. The number of alkyl halides is 1. The Hall–Kier alpha value is -0.770. The fourth-order valence-electron chi connectivity index (χ4n) is 1.21. The summed E-state index contributed by atoms with van der Waals surface area (Å²) in [7, 11) is 0. The summed E-state index contributed by atoms with van der Waals surface area (Å²) in [5.41, 5.74) is 0.396. The zero-order valence-corrected chi connectivity index (χ0v) is 10.1. The number of benzene rings is 1. The van der Waals surface area contributed by atoms with E-state index in [2.05, 4.69) is 4.98 Å². The van der Waals surface area contributed by atoms with E-state index in [4.69, 9.17) is 39.2 Å². The van der Waals surface area contributed by atoms with Gasteiger partial charge in [-0.25, -0.2) is 9.37 Å². The molecule has 0 radical (unpaired) electrons. The predicted octanol–water partition coefficient (Wildman–Crippen LogP) is 4.53. The summed E-state index contributed by atoms with van der Waals surface area (Å²) in [6.07, 6.45) is 1.44. The van der Waals surface area contributed by atoms with Crippen molar-refractivity contribution in [2.45, 2.75) is 5.88 Å². The highest BCUT2D eigenvalue weighted by molar-refractivity contribution is 6.36. The van der Waals surface area contributed by atoms with Crippen LogP contribution in [0.3, 0.4) is 0 Å². The van der Waals surface area contributed by atoms with Gasteiger partial charge in [0, 0.05) is 5.56 Å². The van der Waals surface area contributed by atoms with Crippen LogP contribution in [0, 0.1) is 5.82 Å². The maximum absolute atomic E-state index is 13.3. The van der Waals surface area contributed by atoms with Crippen LogP contribution in [0.1, 0.15) is 5.89 Å². The molecule has 0 N–H and O–H groups in total. The van der Waals surface area contributed by atoms with Crippen LogP contribution in [0.2, 0.25) is 10.0 Å². The quantitative estimate of drug-likeness (QED) is 0.597. The molecule has 1 aromatic carbocycles. The molecule has 0 aliphatic heterocycles. The van der Waals surface area contributed by atoms with E-state index in [1.54, 1.807) is 0 Å². The number of halogens is 4. The summed E-state index contributed by atoms with van der Waals surface area (Å²) in [4.78, 5) is 3.89. The van der Waals surface area contributed by atoms with Gasteiger partial charge in [-0.2, -0.15) is 0 Å². The maximum atomic E-state index is 13.3. The fraction of sp³-hybridized carbons (Fsp3) is 0.100. The zero-order chi connectivity index (χ0) is 11.7. The Kier molecular flexibility index (Phi) is 3.38. The first-order valence-electron chi connectivity index (χ1n) is 4.27. The molecule has 1 aromatic heterocycles. The minimum atomic E-state index is -0.565. The molecule has 0 spiro atoms. The van der Waals surface area contributed by atoms with Gasteiger partial charge < -0.3 is 4.42 Å². The highest BCUT2D eigenvalue weighted by atomic mass is 35.5. The molecule has 1 heterocycles. The number of nitrogens with zero attached hydrogens (tertiary/aromatic N) is 1. The molecule has 0 unspecified atom stereocenters. The number of hydrogen-bond acceptors (Lipinski definition) is 2. The van der Waals surface area contributed by atoms with Crippen LogP contribution in [0.4, 0.5) is 4.39 Å². The lowest BCUT2D eigenvalue weighted by atomic mass is 10.2. The number of rotatable bonds is 2. The van der Waals surface area contributed by atoms with E-state index in [-0.39, 0.29) is 10.9 Å². The van der Waals surface area contributed by atoms with Gasteiger partial charge >= 0.3 is 0 Å². The fourth-order valence-corrected chi connectivity index (χ4v) is 1.81. The number of oxazole rings is 1. The van der Waals surface area contributed by atoms with Gasteiger partial charge in [-0.15, -0.1) is 11.6 Å². The largest absolute Gasteiger partial charge is 0.439 e. The van der Waals surface area contributed by atoms with E-state index < -0.39 is 5.82 Å². The molecule has 2 rings (SSSR count). The van der Waals surface area contributed by atoms with Crippen LogP contribution >= 0.6 is 34.8 Å². The molecule has 0 fully saturated rings. The van der Waals surface area contributed by atoms with Crippen molar-refractivity contribution in [3.63, 3.8) is 0 Å². The Morgan fingerprint density at radius 3 is 2.62 bits per heavy atom. The van der Waals surface area contributed by atoms with Crippen molar-refractivity contribution < 1.29 is 8.81 Å². The van der Waals surface area contributed by atoms with Crippen molar-refractivity contribution in [2.75, 3.05) is 0 Å². The molecule has 16 heavy (non-hydrogen) atoms. The Morgan fingerprint density at radius 1 is 1.25 bits per heavy atom. The first-order valence-corrected chi connectivity index (χ1v) is 5.56. The van der Waals surface area contributed by atoms with Gasteiger partial charge in [0.05, 0.1) is 22.1 Å². The predicted molar refractivity (Wildman–Crippen MR) is 61.5 cm³/mol. The first kappa shape index (κ1) is 11.7. The molecule has 2 nitrogen and oxygen atoms in total. The van der Waals surface area contributed by atoms with E-state index >= 15 is 0 Å². The van der Waals surface area contributed by atoms with Crippen LogP contribution in [0.25, 0.3) is 11.3 Å². The van der Waals surface area contributed by atoms with Crippen molar-refractivity contribution in [1.82, 2.24) is 4.98 Å². The Morgan fingerprint density at radius 2 is 2.00 bits per heavy atom. The molecular formula is C10H5Cl3FNO. The highest BCUT2D eigenvalue weighted by Gasteiger charge is 2.13. The third-order valence-corrected chi connectivity index (χ3v) is 2.77. The molecule has 0 saturated heterocycles. The normalized spacial score (nSPS) is 10.8. The van der Waals surface area contributed by atoms with Crippen LogP contribution in [-0.4, -0.2) is 4.98 Å². The standard InChI is InChI=1S/C10H5Cl3FNO/c11-3-10-15-4-9(16-10)5-1-8(14)7(13)2-6(5)12/h1-2,4H,3H2. The van der Waals surface area contributed by atoms with Gasteiger partial charge in [0.2, 0.25) is 5.89 Å². The molecule has 6 heteroatoms. The lowest BCUT2D eigenvalue weighted by Crippen LogP contribution is -1.82. The number of aromatic nitrogens is 1. The van der Waals surface area contributed by atoms with Crippen molar-refractivity contribution in [3.8, 4) is 11.3 Å². The molecule has 0 bridgehead atoms. The summed E-state index contributed by atoms with van der Waals surface area (Å²) in [6, 6.07) is 2.51. The monoisotopic (exact) mass is 279 g/mol. The molecule has 0 atom stereocenters. The molecule has 0 saturated carbocycles. The van der Waals surface area contributed by atoms with E-state index in [0.29, 0.717) is 22.2 Å². The van der Waals surface area contributed by atoms with E-state index in [0.717, 1.165) is 0 Å². The highest BCUT2D eigenvalue weighted by Crippen LogP contribution is 2.32. The summed E-state index contributed by atoms with van der Waals surface area (Å²) < 4.78 is 18.5. The topological polar surface area (TPSA) is 26.0 Å². The van der Waals surface area contributed by atoms with Gasteiger partial charge in [0.15, 0.2) is 5.76 Å². The van der Waals surface area contributed by atoms with E-state index in [9.17, 15) is 4.39 Å². The van der Waals surface area contributed by atoms with Crippen LogP contribution in [0.5, 0.6) is 0 Å². The minimum absolute atomic E-state index is 0.0363. The summed E-state index contributed by atoms with van der Waals surface area (Å²) in [5.74, 6) is 0.289. The second-order valence-corrected chi connectivity index (χ2v) is 4.08. The average Bonchev–Trinajstić information content (AvgIpc) is 2.71.